The molecule has 1 aromatic rings. The Kier molecular flexibility index (Phi) is 4.62. The van der Waals surface area contributed by atoms with Crippen LogP contribution in [0.4, 0.5) is 5.69 Å². The van der Waals surface area contributed by atoms with Gasteiger partial charge in [-0.05, 0) is 50.9 Å². The first-order valence-electron chi connectivity index (χ1n) is 7.17. The van der Waals surface area contributed by atoms with Crippen LogP contribution in [0.2, 0.25) is 0 Å². The van der Waals surface area contributed by atoms with Crippen molar-refractivity contribution in [1.29, 1.82) is 5.26 Å². The van der Waals surface area contributed by atoms with E-state index in [4.69, 9.17) is 15.0 Å². The Balaban J connectivity index is 2.36. The molecule has 0 aromatic heterocycles. The summed E-state index contributed by atoms with van der Waals surface area (Å²) in [4.78, 5) is 0. The van der Waals surface area contributed by atoms with Gasteiger partial charge in [0.15, 0.2) is 0 Å². The van der Waals surface area contributed by atoms with Crippen LogP contribution in [-0.4, -0.2) is 24.1 Å². The molecule has 22 heavy (non-hydrogen) atoms. The molecule has 0 amide bonds. The third-order valence-corrected chi connectivity index (χ3v) is 4.64. The molecule has 0 atom stereocenters. The number of thiol groups is 1. The zero-order valence-corrected chi connectivity index (χ0v) is 14.3. The minimum absolute atomic E-state index is 0.404. The van der Waals surface area contributed by atoms with Crippen molar-refractivity contribution in [3.8, 4) is 6.07 Å². The predicted octanol–water partition coefficient (Wildman–Crippen LogP) is 3.09. The van der Waals surface area contributed by atoms with E-state index in [0.29, 0.717) is 17.0 Å². The van der Waals surface area contributed by atoms with Crippen LogP contribution < -0.4 is 5.73 Å². The molecule has 0 bridgehead atoms. The van der Waals surface area contributed by atoms with Gasteiger partial charge in [0.05, 0.1) is 22.8 Å². The summed E-state index contributed by atoms with van der Waals surface area (Å²) in [5.41, 5.74) is 7.67. The summed E-state index contributed by atoms with van der Waals surface area (Å²) in [5, 5.41) is 9.24. The van der Waals surface area contributed by atoms with E-state index < -0.39 is 18.3 Å². The van der Waals surface area contributed by atoms with Crippen LogP contribution in [-0.2, 0) is 9.31 Å². The number of hydrogen-bond acceptors (Lipinski definition) is 5. The molecule has 2 rings (SSSR count). The maximum atomic E-state index is 9.24. The lowest BCUT2D eigenvalue weighted by atomic mass is 9.78. The van der Waals surface area contributed by atoms with E-state index in [-0.39, 0.29) is 0 Å². The first-order valence-corrected chi connectivity index (χ1v) is 7.80. The molecule has 2 N–H and O–H groups in total. The van der Waals surface area contributed by atoms with Gasteiger partial charge in [-0.3, -0.25) is 0 Å². The van der Waals surface area contributed by atoms with Crippen molar-refractivity contribution in [2.24, 2.45) is 0 Å². The van der Waals surface area contributed by atoms with Crippen LogP contribution in [0.25, 0.3) is 6.08 Å². The van der Waals surface area contributed by atoms with Crippen molar-refractivity contribution in [3.05, 3.63) is 34.8 Å². The van der Waals surface area contributed by atoms with Gasteiger partial charge in [0.1, 0.15) is 0 Å². The second-order valence-electron chi connectivity index (χ2n) is 6.42. The Morgan fingerprint density at radius 1 is 1.32 bits per heavy atom. The second kappa shape index (κ2) is 6.00. The van der Waals surface area contributed by atoms with E-state index in [1.165, 1.54) is 0 Å². The highest BCUT2D eigenvalue weighted by molar-refractivity contribution is 7.80. The van der Waals surface area contributed by atoms with E-state index in [9.17, 15) is 5.26 Å². The molecule has 0 saturated carbocycles. The number of nitriles is 1. The molecule has 1 aliphatic heterocycles. The average molecular weight is 316 g/mol. The second-order valence-corrected chi connectivity index (χ2v) is 6.74. The van der Waals surface area contributed by atoms with Crippen LogP contribution in [0, 0.1) is 11.3 Å². The highest BCUT2D eigenvalue weighted by atomic mass is 32.1. The van der Waals surface area contributed by atoms with Crippen LogP contribution >= 0.6 is 12.6 Å². The van der Waals surface area contributed by atoms with Gasteiger partial charge in [0, 0.05) is 11.4 Å². The summed E-state index contributed by atoms with van der Waals surface area (Å²) in [5.74, 6) is 0.478. The van der Waals surface area contributed by atoms with Gasteiger partial charge < -0.3 is 15.0 Å². The van der Waals surface area contributed by atoms with Gasteiger partial charge in [-0.2, -0.15) is 17.9 Å². The van der Waals surface area contributed by atoms with Crippen LogP contribution in [0.3, 0.4) is 0 Å². The van der Waals surface area contributed by atoms with Crippen molar-refractivity contribution in [2.45, 2.75) is 38.9 Å². The molecule has 0 aliphatic carbocycles. The third-order valence-electron chi connectivity index (χ3n) is 4.28. The first-order chi connectivity index (χ1) is 10.2. The first kappa shape index (κ1) is 16.9. The Morgan fingerprint density at radius 3 is 2.41 bits per heavy atom. The Morgan fingerprint density at radius 2 is 1.91 bits per heavy atom. The van der Waals surface area contributed by atoms with Crippen molar-refractivity contribution >= 4 is 31.5 Å². The molecular weight excluding hydrogens is 295 g/mol. The minimum Gasteiger partial charge on any atom is -0.400 e. The summed E-state index contributed by atoms with van der Waals surface area (Å²) in [6.07, 6.45) is 1.90. The monoisotopic (exact) mass is 316 g/mol. The molecule has 1 fully saturated rings. The molecule has 1 saturated heterocycles. The van der Waals surface area contributed by atoms with Gasteiger partial charge in [-0.1, -0.05) is 12.1 Å². The number of nitrogens with zero attached hydrogens (tertiary/aromatic N) is 1. The number of nitrogens with two attached hydrogens (primary N) is 1. The Hall–Kier alpha value is -1.42. The van der Waals surface area contributed by atoms with Crippen molar-refractivity contribution < 1.29 is 9.31 Å². The average Bonchev–Trinajstić information content (AvgIpc) is 2.65. The van der Waals surface area contributed by atoms with E-state index in [2.05, 4.69) is 18.7 Å². The molecular formula is C16H21BN2O2S. The maximum absolute atomic E-state index is 9.24. The van der Waals surface area contributed by atoms with Gasteiger partial charge in [0.2, 0.25) is 0 Å². The van der Waals surface area contributed by atoms with Crippen molar-refractivity contribution in [2.75, 3.05) is 11.5 Å². The number of rotatable bonds is 3. The lowest BCUT2D eigenvalue weighted by Crippen LogP contribution is -2.41. The lowest BCUT2D eigenvalue weighted by Gasteiger charge is -2.32. The Bertz CT molecular complexity index is 634. The van der Waals surface area contributed by atoms with Crippen molar-refractivity contribution in [3.63, 3.8) is 0 Å². The summed E-state index contributed by atoms with van der Waals surface area (Å²) in [6.45, 7) is 8.03. The highest BCUT2D eigenvalue weighted by Gasteiger charge is 2.52. The molecule has 116 valence electrons. The van der Waals surface area contributed by atoms with Crippen LogP contribution in [0.15, 0.2) is 23.7 Å². The molecule has 4 nitrogen and oxygen atoms in total. The summed E-state index contributed by atoms with van der Waals surface area (Å²) in [6, 6.07) is 7.41. The molecule has 0 unspecified atom stereocenters. The normalized spacial score (nSPS) is 20.0. The number of hydrogen-bond donors (Lipinski definition) is 2. The molecule has 1 aromatic carbocycles. The fourth-order valence-electron chi connectivity index (χ4n) is 2.18. The number of nitrogen functional groups attached to an aromatic ring is 1. The molecule has 6 heteroatoms. The smallest absolute Gasteiger partial charge is 0.400 e. The topological polar surface area (TPSA) is 68.3 Å². The zero-order valence-electron chi connectivity index (χ0n) is 13.4. The zero-order chi connectivity index (χ0) is 16.5. The molecule has 1 aliphatic rings. The summed E-state index contributed by atoms with van der Waals surface area (Å²) in [7, 11) is -0.466. The SMILES string of the molecule is CC1(C)OB(C(=Cc2ccc(N)cc2C#N)CS)OC1(C)C. The fraction of sp³-hybridized carbons (Fsp3) is 0.438. The van der Waals surface area contributed by atoms with E-state index in [1.54, 1.807) is 12.1 Å². The Labute approximate surface area is 137 Å². The van der Waals surface area contributed by atoms with E-state index in [0.717, 1.165) is 11.0 Å². The fourth-order valence-corrected chi connectivity index (χ4v) is 2.42. The van der Waals surface area contributed by atoms with Crippen molar-refractivity contribution in [1.82, 2.24) is 0 Å². The highest BCUT2D eigenvalue weighted by Crippen LogP contribution is 2.39. The quantitative estimate of drug-likeness (QED) is 0.511. The standard InChI is InChI=1S/C16H21BN2O2S/c1-15(2)16(3,4)21-17(20-15)13(10-22)7-11-5-6-14(19)8-12(11)9-18/h5-8,22H,10,19H2,1-4H3. The van der Waals surface area contributed by atoms with Gasteiger partial charge in [-0.25, -0.2) is 0 Å². The van der Waals surface area contributed by atoms with E-state index in [1.807, 2.05) is 39.8 Å². The summed E-state index contributed by atoms with van der Waals surface area (Å²) >= 11 is 4.38. The predicted molar refractivity (Wildman–Crippen MR) is 93.5 cm³/mol. The lowest BCUT2D eigenvalue weighted by molar-refractivity contribution is 0.00578. The van der Waals surface area contributed by atoms with Crippen LogP contribution in [0.5, 0.6) is 0 Å². The van der Waals surface area contributed by atoms with Crippen LogP contribution in [0.1, 0.15) is 38.8 Å². The molecule has 0 radical (unpaired) electrons. The largest absolute Gasteiger partial charge is 0.491 e. The van der Waals surface area contributed by atoms with Gasteiger partial charge >= 0.3 is 7.12 Å². The molecule has 0 spiro atoms. The van der Waals surface area contributed by atoms with E-state index >= 15 is 0 Å². The van der Waals surface area contributed by atoms with Gasteiger partial charge in [-0.15, -0.1) is 0 Å². The third kappa shape index (κ3) is 3.17. The molecule has 1 heterocycles. The number of anilines is 1. The summed E-state index contributed by atoms with van der Waals surface area (Å²) < 4.78 is 12.1. The number of benzene rings is 1. The minimum atomic E-state index is -0.466. The van der Waals surface area contributed by atoms with Gasteiger partial charge in [0.25, 0.3) is 0 Å². The maximum Gasteiger partial charge on any atom is 0.491 e.